The molecule has 1 aromatic heterocycles. The molecule has 114 valence electrons. The molecule has 6 heteroatoms. The molecule has 1 atom stereocenters. The fourth-order valence-corrected chi connectivity index (χ4v) is 3.48. The predicted molar refractivity (Wildman–Crippen MR) is 77.8 cm³/mol. The molecule has 1 saturated carbocycles. The third-order valence-corrected chi connectivity index (χ3v) is 5.23. The summed E-state index contributed by atoms with van der Waals surface area (Å²) >= 11 is 0. The average Bonchev–Trinajstić information content (AvgIpc) is 2.85. The van der Waals surface area contributed by atoms with Gasteiger partial charge in [0.15, 0.2) is 0 Å². The van der Waals surface area contributed by atoms with Crippen LogP contribution in [-0.4, -0.2) is 21.5 Å². The highest BCUT2D eigenvalue weighted by Crippen LogP contribution is 2.35. The molecule has 1 aromatic rings. The van der Waals surface area contributed by atoms with E-state index in [9.17, 15) is 8.42 Å². The summed E-state index contributed by atoms with van der Waals surface area (Å²) in [6.07, 6.45) is 4.83. The van der Waals surface area contributed by atoms with E-state index >= 15 is 0 Å². The first kappa shape index (κ1) is 15.5. The van der Waals surface area contributed by atoms with Crippen molar-refractivity contribution in [3.8, 4) is 0 Å². The monoisotopic (exact) mass is 300 g/mol. The zero-order valence-electron chi connectivity index (χ0n) is 12.4. The van der Waals surface area contributed by atoms with E-state index in [2.05, 4.69) is 23.9 Å². The second-order valence-electron chi connectivity index (χ2n) is 6.27. The van der Waals surface area contributed by atoms with Crippen molar-refractivity contribution in [3.05, 3.63) is 17.9 Å². The lowest BCUT2D eigenvalue weighted by molar-refractivity contribution is 0.195. The SMILES string of the molecule is CNS(=O)(=O)c1ccc(CNC2CCCC(C)(C)C2)o1. The van der Waals surface area contributed by atoms with Crippen LogP contribution in [0.3, 0.4) is 0 Å². The Balaban J connectivity index is 1.92. The van der Waals surface area contributed by atoms with Crippen molar-refractivity contribution >= 4 is 10.0 Å². The van der Waals surface area contributed by atoms with Crippen molar-refractivity contribution in [2.45, 2.75) is 57.2 Å². The molecule has 1 aliphatic rings. The van der Waals surface area contributed by atoms with E-state index in [-0.39, 0.29) is 5.09 Å². The van der Waals surface area contributed by atoms with Gasteiger partial charge in [0.25, 0.3) is 10.0 Å². The van der Waals surface area contributed by atoms with Crippen LogP contribution in [0.15, 0.2) is 21.6 Å². The molecule has 0 bridgehead atoms. The second-order valence-corrected chi connectivity index (χ2v) is 8.08. The van der Waals surface area contributed by atoms with Crippen molar-refractivity contribution in [2.75, 3.05) is 7.05 Å². The summed E-state index contributed by atoms with van der Waals surface area (Å²) in [4.78, 5) is 0. The standard InChI is InChI=1S/C14H24N2O3S/c1-14(2)8-4-5-11(9-14)16-10-12-6-7-13(19-12)20(17,18)15-3/h6-7,11,15-16H,4-5,8-10H2,1-3H3. The van der Waals surface area contributed by atoms with Crippen molar-refractivity contribution in [1.29, 1.82) is 0 Å². The molecule has 0 aliphatic heterocycles. The van der Waals surface area contributed by atoms with Crippen LogP contribution in [0, 0.1) is 5.41 Å². The molecule has 0 aromatic carbocycles. The van der Waals surface area contributed by atoms with Crippen LogP contribution in [0.5, 0.6) is 0 Å². The second kappa shape index (κ2) is 5.87. The lowest BCUT2D eigenvalue weighted by Gasteiger charge is -2.35. The van der Waals surface area contributed by atoms with Gasteiger partial charge in [0.2, 0.25) is 5.09 Å². The molecule has 5 nitrogen and oxygen atoms in total. The molecule has 20 heavy (non-hydrogen) atoms. The minimum Gasteiger partial charge on any atom is -0.447 e. The zero-order valence-corrected chi connectivity index (χ0v) is 13.2. The van der Waals surface area contributed by atoms with Crippen molar-refractivity contribution in [3.63, 3.8) is 0 Å². The Kier molecular flexibility index (Phi) is 4.56. The third-order valence-electron chi connectivity index (χ3n) is 3.94. The molecule has 2 N–H and O–H groups in total. The number of sulfonamides is 1. The molecule has 1 unspecified atom stereocenters. The van der Waals surface area contributed by atoms with Gasteiger partial charge in [0.1, 0.15) is 5.76 Å². The first-order valence-electron chi connectivity index (χ1n) is 7.08. The van der Waals surface area contributed by atoms with Crippen LogP contribution < -0.4 is 10.0 Å². The van der Waals surface area contributed by atoms with E-state index in [0.717, 1.165) is 6.42 Å². The molecule has 1 fully saturated rings. The summed E-state index contributed by atoms with van der Waals surface area (Å²) in [5, 5.41) is 3.44. The van der Waals surface area contributed by atoms with E-state index in [0.29, 0.717) is 23.8 Å². The Morgan fingerprint density at radius 2 is 2.15 bits per heavy atom. The predicted octanol–water partition coefficient (Wildman–Crippen LogP) is 2.25. The molecule has 1 aliphatic carbocycles. The first-order valence-corrected chi connectivity index (χ1v) is 8.56. The fraction of sp³-hybridized carbons (Fsp3) is 0.714. The molecular weight excluding hydrogens is 276 g/mol. The normalized spacial score (nSPS) is 22.9. The molecule has 2 rings (SSSR count). The molecule has 0 amide bonds. The molecule has 0 saturated heterocycles. The quantitative estimate of drug-likeness (QED) is 0.875. The number of hydrogen-bond donors (Lipinski definition) is 2. The van der Waals surface area contributed by atoms with Crippen LogP contribution in [0.2, 0.25) is 0 Å². The van der Waals surface area contributed by atoms with Crippen molar-refractivity contribution < 1.29 is 12.8 Å². The van der Waals surface area contributed by atoms with E-state index in [1.807, 2.05) is 0 Å². The Labute approximate surface area is 121 Å². The van der Waals surface area contributed by atoms with Crippen LogP contribution in [0.25, 0.3) is 0 Å². The van der Waals surface area contributed by atoms with Gasteiger partial charge in [-0.15, -0.1) is 0 Å². The molecule has 0 spiro atoms. The summed E-state index contributed by atoms with van der Waals surface area (Å²) in [5.41, 5.74) is 0.389. The first-order chi connectivity index (χ1) is 9.32. The van der Waals surface area contributed by atoms with Crippen LogP contribution in [-0.2, 0) is 16.6 Å². The Morgan fingerprint density at radius 3 is 2.80 bits per heavy atom. The van der Waals surface area contributed by atoms with Gasteiger partial charge in [-0.25, -0.2) is 13.1 Å². The van der Waals surface area contributed by atoms with Crippen LogP contribution in [0.1, 0.15) is 45.3 Å². The lowest BCUT2D eigenvalue weighted by atomic mass is 9.75. The van der Waals surface area contributed by atoms with Gasteiger partial charge < -0.3 is 9.73 Å². The molecule has 0 radical (unpaired) electrons. The number of nitrogens with one attached hydrogen (secondary N) is 2. The average molecular weight is 300 g/mol. The Hall–Kier alpha value is -0.850. The highest BCUT2D eigenvalue weighted by Gasteiger charge is 2.27. The van der Waals surface area contributed by atoms with Crippen LogP contribution >= 0.6 is 0 Å². The van der Waals surface area contributed by atoms with Gasteiger partial charge in [-0.2, -0.15) is 0 Å². The van der Waals surface area contributed by atoms with E-state index in [1.165, 1.54) is 32.4 Å². The van der Waals surface area contributed by atoms with E-state index < -0.39 is 10.0 Å². The summed E-state index contributed by atoms with van der Waals surface area (Å²) in [6, 6.07) is 3.69. The van der Waals surface area contributed by atoms with Crippen molar-refractivity contribution in [2.24, 2.45) is 5.41 Å². The van der Waals surface area contributed by atoms with Gasteiger partial charge in [-0.05, 0) is 43.9 Å². The summed E-state index contributed by atoms with van der Waals surface area (Å²) in [6.45, 7) is 5.16. The third kappa shape index (κ3) is 3.84. The number of rotatable bonds is 5. The lowest BCUT2D eigenvalue weighted by Crippen LogP contribution is -2.36. The van der Waals surface area contributed by atoms with Crippen molar-refractivity contribution in [1.82, 2.24) is 10.0 Å². The molecular formula is C14H24N2O3S. The highest BCUT2D eigenvalue weighted by atomic mass is 32.2. The number of furan rings is 1. The maximum absolute atomic E-state index is 11.6. The summed E-state index contributed by atoms with van der Waals surface area (Å²) < 4.78 is 30.8. The summed E-state index contributed by atoms with van der Waals surface area (Å²) in [5.74, 6) is 0.655. The topological polar surface area (TPSA) is 71.3 Å². The Bertz CT molecular complexity index is 549. The maximum atomic E-state index is 11.6. The fourth-order valence-electron chi connectivity index (χ4n) is 2.82. The maximum Gasteiger partial charge on any atom is 0.273 e. The Morgan fingerprint density at radius 1 is 1.40 bits per heavy atom. The minimum atomic E-state index is -3.48. The highest BCUT2D eigenvalue weighted by molar-refractivity contribution is 7.89. The van der Waals surface area contributed by atoms with Gasteiger partial charge in [0, 0.05) is 6.04 Å². The zero-order chi connectivity index (χ0) is 14.8. The van der Waals surface area contributed by atoms with E-state index in [4.69, 9.17) is 4.42 Å². The summed E-state index contributed by atoms with van der Waals surface area (Å²) in [7, 11) is -2.11. The van der Waals surface area contributed by atoms with E-state index in [1.54, 1.807) is 6.07 Å². The van der Waals surface area contributed by atoms with Crippen LogP contribution in [0.4, 0.5) is 0 Å². The van der Waals surface area contributed by atoms with Gasteiger partial charge in [-0.1, -0.05) is 20.3 Å². The van der Waals surface area contributed by atoms with Gasteiger partial charge in [-0.3, -0.25) is 0 Å². The largest absolute Gasteiger partial charge is 0.447 e. The minimum absolute atomic E-state index is 0.0271. The van der Waals surface area contributed by atoms with Gasteiger partial charge in [0.05, 0.1) is 6.54 Å². The smallest absolute Gasteiger partial charge is 0.273 e. The van der Waals surface area contributed by atoms with Gasteiger partial charge >= 0.3 is 0 Å². The molecule has 1 heterocycles. The number of hydrogen-bond acceptors (Lipinski definition) is 4.